The molecule has 0 spiro atoms. The third kappa shape index (κ3) is 3.07. The highest BCUT2D eigenvalue weighted by atomic mass is 32.1. The molecule has 3 nitrogen and oxygen atoms in total. The van der Waals surface area contributed by atoms with Crippen molar-refractivity contribution < 1.29 is 4.74 Å². The van der Waals surface area contributed by atoms with Crippen molar-refractivity contribution in [1.82, 2.24) is 10.3 Å². The first-order valence-corrected chi connectivity index (χ1v) is 8.63. The highest BCUT2D eigenvalue weighted by molar-refractivity contribution is 7.12. The summed E-state index contributed by atoms with van der Waals surface area (Å²) in [5.74, 6) is 0.820. The zero-order valence-electron chi connectivity index (χ0n) is 13.5. The van der Waals surface area contributed by atoms with Gasteiger partial charge in [-0.3, -0.25) is 0 Å². The Bertz CT molecular complexity index is 436. The van der Waals surface area contributed by atoms with Gasteiger partial charge in [-0.15, -0.1) is 11.3 Å². The van der Waals surface area contributed by atoms with Crippen LogP contribution in [-0.4, -0.2) is 18.6 Å². The molecule has 1 heterocycles. The van der Waals surface area contributed by atoms with Crippen molar-refractivity contribution >= 4 is 11.3 Å². The number of ether oxygens (including phenoxy) is 1. The molecule has 0 aliphatic heterocycles. The molecular formula is C16H28N2OS. The number of aryl methyl sites for hydroxylation is 1. The molecule has 114 valence electrons. The van der Waals surface area contributed by atoms with Crippen molar-refractivity contribution in [3.63, 3.8) is 0 Å². The third-order valence-corrected chi connectivity index (χ3v) is 6.08. The number of hydrogen-bond acceptors (Lipinski definition) is 4. The molecule has 1 fully saturated rings. The lowest BCUT2D eigenvalue weighted by Crippen LogP contribution is -2.34. The Balaban J connectivity index is 2.30. The van der Waals surface area contributed by atoms with Crippen molar-refractivity contribution in [3.05, 3.63) is 15.6 Å². The summed E-state index contributed by atoms with van der Waals surface area (Å²) in [6.07, 6.45) is 4.72. The fourth-order valence-electron chi connectivity index (χ4n) is 3.06. The Morgan fingerprint density at radius 1 is 1.45 bits per heavy atom. The maximum Gasteiger partial charge on any atom is 0.125 e. The minimum atomic E-state index is -0.123. The molecule has 1 aromatic rings. The van der Waals surface area contributed by atoms with E-state index < -0.39 is 0 Å². The van der Waals surface area contributed by atoms with Crippen molar-refractivity contribution in [3.8, 4) is 0 Å². The van der Waals surface area contributed by atoms with Crippen LogP contribution in [0, 0.1) is 12.8 Å². The molecule has 1 saturated carbocycles. The van der Waals surface area contributed by atoms with Gasteiger partial charge in [0.2, 0.25) is 0 Å². The van der Waals surface area contributed by atoms with Crippen molar-refractivity contribution in [2.45, 2.75) is 65.0 Å². The molecule has 0 saturated heterocycles. The molecule has 2 rings (SSSR count). The largest absolute Gasteiger partial charge is 0.368 e. The SMILES string of the molecule is CCOC1(c2nc(C)c(C(C)NC)s2)CCC(C)CC1. The van der Waals surface area contributed by atoms with E-state index >= 15 is 0 Å². The number of rotatable bonds is 5. The molecule has 1 aromatic heterocycles. The first kappa shape index (κ1) is 15.9. The second-order valence-electron chi connectivity index (χ2n) is 6.09. The van der Waals surface area contributed by atoms with Crippen LogP contribution in [0.2, 0.25) is 0 Å². The Morgan fingerprint density at radius 3 is 2.65 bits per heavy atom. The summed E-state index contributed by atoms with van der Waals surface area (Å²) in [6.45, 7) is 9.52. The van der Waals surface area contributed by atoms with E-state index in [2.05, 4.69) is 33.0 Å². The monoisotopic (exact) mass is 296 g/mol. The highest BCUT2D eigenvalue weighted by Gasteiger charge is 2.39. The second kappa shape index (κ2) is 6.54. The summed E-state index contributed by atoms with van der Waals surface area (Å²) < 4.78 is 6.21. The Morgan fingerprint density at radius 2 is 2.10 bits per heavy atom. The van der Waals surface area contributed by atoms with Crippen molar-refractivity contribution in [2.24, 2.45) is 5.92 Å². The zero-order valence-corrected chi connectivity index (χ0v) is 14.3. The Hall–Kier alpha value is -0.450. The van der Waals surface area contributed by atoms with Crippen LogP contribution >= 0.6 is 11.3 Å². The molecule has 20 heavy (non-hydrogen) atoms. The van der Waals surface area contributed by atoms with E-state index in [0.29, 0.717) is 6.04 Å². The lowest BCUT2D eigenvalue weighted by atomic mass is 9.79. The summed E-state index contributed by atoms with van der Waals surface area (Å²) in [5.41, 5.74) is 1.03. The summed E-state index contributed by atoms with van der Waals surface area (Å²) in [7, 11) is 2.00. The van der Waals surface area contributed by atoms with Gasteiger partial charge in [-0.25, -0.2) is 4.98 Å². The predicted molar refractivity (Wildman–Crippen MR) is 85.3 cm³/mol. The minimum absolute atomic E-state index is 0.123. The summed E-state index contributed by atoms with van der Waals surface area (Å²) in [6, 6.07) is 0.363. The van der Waals surface area contributed by atoms with Crippen LogP contribution in [0.3, 0.4) is 0 Å². The Kier molecular flexibility index (Phi) is 5.21. The van der Waals surface area contributed by atoms with Gasteiger partial charge in [0.15, 0.2) is 0 Å². The van der Waals surface area contributed by atoms with E-state index in [1.807, 2.05) is 18.4 Å². The molecule has 1 aliphatic rings. The van der Waals surface area contributed by atoms with Gasteiger partial charge in [0.1, 0.15) is 10.6 Å². The van der Waals surface area contributed by atoms with Gasteiger partial charge in [0, 0.05) is 17.5 Å². The molecule has 1 aliphatic carbocycles. The third-order valence-electron chi connectivity index (χ3n) is 4.55. The van der Waals surface area contributed by atoms with Gasteiger partial charge < -0.3 is 10.1 Å². The average molecular weight is 296 g/mol. The summed E-state index contributed by atoms with van der Waals surface area (Å²) in [4.78, 5) is 6.22. The Labute approximate surface area is 127 Å². The van der Waals surface area contributed by atoms with Gasteiger partial charge in [0.25, 0.3) is 0 Å². The predicted octanol–water partition coefficient (Wildman–Crippen LogP) is 4.17. The number of hydrogen-bond donors (Lipinski definition) is 1. The fourth-order valence-corrected chi connectivity index (χ4v) is 4.39. The molecule has 0 radical (unpaired) electrons. The van der Waals surface area contributed by atoms with Gasteiger partial charge in [-0.1, -0.05) is 6.92 Å². The van der Waals surface area contributed by atoms with Crippen molar-refractivity contribution in [2.75, 3.05) is 13.7 Å². The maximum absolute atomic E-state index is 6.21. The zero-order chi connectivity index (χ0) is 14.8. The molecule has 4 heteroatoms. The molecule has 1 atom stereocenters. The molecule has 0 aromatic carbocycles. The van der Waals surface area contributed by atoms with Gasteiger partial charge in [-0.2, -0.15) is 0 Å². The van der Waals surface area contributed by atoms with E-state index in [1.165, 1.54) is 22.7 Å². The number of aromatic nitrogens is 1. The van der Waals surface area contributed by atoms with E-state index in [1.54, 1.807) is 0 Å². The van der Waals surface area contributed by atoms with Crippen LogP contribution in [-0.2, 0) is 10.3 Å². The number of nitrogens with one attached hydrogen (secondary N) is 1. The molecule has 0 amide bonds. The van der Waals surface area contributed by atoms with Gasteiger partial charge in [0.05, 0.1) is 5.69 Å². The number of thiazole rings is 1. The number of nitrogens with zero attached hydrogens (tertiary/aromatic N) is 1. The van der Waals surface area contributed by atoms with Crippen LogP contribution in [0.25, 0.3) is 0 Å². The fraction of sp³-hybridized carbons (Fsp3) is 0.812. The molecule has 1 unspecified atom stereocenters. The first-order valence-electron chi connectivity index (χ1n) is 7.81. The molecule has 0 bridgehead atoms. The average Bonchev–Trinajstić information content (AvgIpc) is 2.84. The van der Waals surface area contributed by atoms with Crippen LogP contribution in [0.4, 0.5) is 0 Å². The van der Waals surface area contributed by atoms with E-state index in [0.717, 1.165) is 31.1 Å². The van der Waals surface area contributed by atoms with E-state index in [4.69, 9.17) is 9.72 Å². The van der Waals surface area contributed by atoms with E-state index in [-0.39, 0.29) is 5.60 Å². The summed E-state index contributed by atoms with van der Waals surface area (Å²) in [5, 5.41) is 4.51. The second-order valence-corrected chi connectivity index (χ2v) is 7.12. The topological polar surface area (TPSA) is 34.1 Å². The first-order chi connectivity index (χ1) is 9.52. The lowest BCUT2D eigenvalue weighted by Gasteiger charge is -2.37. The van der Waals surface area contributed by atoms with Gasteiger partial charge >= 0.3 is 0 Å². The standard InChI is InChI=1S/C16H28N2OS/c1-6-19-16(9-7-11(2)8-10-16)15-18-13(4)14(20-15)12(3)17-5/h11-12,17H,6-10H2,1-5H3. The summed E-state index contributed by atoms with van der Waals surface area (Å²) >= 11 is 1.84. The van der Waals surface area contributed by atoms with Crippen LogP contribution in [0.15, 0.2) is 0 Å². The van der Waals surface area contributed by atoms with Crippen LogP contribution in [0.5, 0.6) is 0 Å². The normalized spacial score (nSPS) is 28.6. The van der Waals surface area contributed by atoms with Crippen molar-refractivity contribution in [1.29, 1.82) is 0 Å². The van der Waals surface area contributed by atoms with Crippen LogP contribution in [0.1, 0.15) is 68.1 Å². The highest BCUT2D eigenvalue weighted by Crippen LogP contribution is 2.45. The minimum Gasteiger partial charge on any atom is -0.368 e. The molecule has 1 N–H and O–H groups in total. The van der Waals surface area contributed by atoms with E-state index in [9.17, 15) is 0 Å². The van der Waals surface area contributed by atoms with Crippen LogP contribution < -0.4 is 5.32 Å². The lowest BCUT2D eigenvalue weighted by molar-refractivity contribution is -0.0776. The quantitative estimate of drug-likeness (QED) is 0.885. The van der Waals surface area contributed by atoms with Gasteiger partial charge in [-0.05, 0) is 59.4 Å². The maximum atomic E-state index is 6.21. The molecular weight excluding hydrogens is 268 g/mol. The smallest absolute Gasteiger partial charge is 0.125 e.